The highest BCUT2D eigenvalue weighted by atomic mass is 16.4. The van der Waals surface area contributed by atoms with Crippen LogP contribution in [0.3, 0.4) is 0 Å². The number of nitrogens with zero attached hydrogens (tertiary/aromatic N) is 1. The van der Waals surface area contributed by atoms with Crippen molar-refractivity contribution in [2.75, 3.05) is 0 Å². The molecule has 2 rings (SSSR count). The molecule has 4 heteroatoms. The summed E-state index contributed by atoms with van der Waals surface area (Å²) in [7, 11) is 0. The third kappa shape index (κ3) is 6.52. The van der Waals surface area contributed by atoms with Crippen molar-refractivity contribution in [2.45, 2.75) is 53.4 Å². The van der Waals surface area contributed by atoms with Crippen LogP contribution >= 0.6 is 0 Å². The maximum absolute atomic E-state index is 11.0. The van der Waals surface area contributed by atoms with Gasteiger partial charge in [0.1, 0.15) is 5.71 Å². The molecule has 2 N–H and O–H groups in total. The molecule has 0 atom stereocenters. The van der Waals surface area contributed by atoms with Crippen LogP contribution in [0.25, 0.3) is 6.08 Å². The Bertz CT molecular complexity index is 809. The lowest BCUT2D eigenvalue weighted by atomic mass is 9.75. The fourth-order valence-electron chi connectivity index (χ4n) is 3.13. The molecule has 0 aliphatic heterocycles. The summed E-state index contributed by atoms with van der Waals surface area (Å²) >= 11 is 0. The van der Waals surface area contributed by atoms with Gasteiger partial charge in [0.2, 0.25) is 0 Å². The van der Waals surface area contributed by atoms with E-state index >= 15 is 0 Å². The van der Waals surface area contributed by atoms with Crippen LogP contribution in [0, 0.1) is 10.8 Å². The molecule has 0 spiro atoms. The zero-order valence-corrected chi connectivity index (χ0v) is 17.3. The number of aromatic carboxylic acids is 1. The SMILES string of the molecule is CC1(C)C\C=C/C(C(/C=C/c2ccc(C(=O)O)cc2)=N/O)=C\CC(C)(C)CC1. The molecule has 28 heavy (non-hydrogen) atoms. The van der Waals surface area contributed by atoms with Gasteiger partial charge in [0, 0.05) is 0 Å². The molecule has 0 bridgehead atoms. The molecule has 0 saturated carbocycles. The Hall–Kier alpha value is -2.62. The first-order valence-corrected chi connectivity index (χ1v) is 9.72. The Kier molecular flexibility index (Phi) is 7.00. The maximum atomic E-state index is 11.0. The Labute approximate surface area is 168 Å². The van der Waals surface area contributed by atoms with Gasteiger partial charge in [-0.25, -0.2) is 4.79 Å². The van der Waals surface area contributed by atoms with Crippen LogP contribution in [0.15, 0.2) is 59.3 Å². The summed E-state index contributed by atoms with van der Waals surface area (Å²) in [6.07, 6.45) is 14.1. The summed E-state index contributed by atoms with van der Waals surface area (Å²) in [5.74, 6) is -0.949. The Morgan fingerprint density at radius 2 is 1.64 bits per heavy atom. The third-order valence-electron chi connectivity index (χ3n) is 5.32. The van der Waals surface area contributed by atoms with E-state index in [9.17, 15) is 10.0 Å². The summed E-state index contributed by atoms with van der Waals surface area (Å²) in [4.78, 5) is 11.0. The second-order valence-corrected chi connectivity index (χ2v) is 9.04. The highest BCUT2D eigenvalue weighted by Gasteiger charge is 2.24. The molecule has 4 nitrogen and oxygen atoms in total. The first-order chi connectivity index (χ1) is 13.1. The van der Waals surface area contributed by atoms with Crippen LogP contribution in [-0.2, 0) is 0 Å². The lowest BCUT2D eigenvalue weighted by molar-refractivity contribution is 0.0697. The summed E-state index contributed by atoms with van der Waals surface area (Å²) in [6, 6.07) is 6.59. The number of carboxylic acid groups (broad SMARTS) is 1. The molecular weight excluding hydrogens is 350 g/mol. The van der Waals surface area contributed by atoms with Gasteiger partial charge >= 0.3 is 5.97 Å². The number of benzene rings is 1. The molecule has 0 heterocycles. The Morgan fingerprint density at radius 1 is 1.04 bits per heavy atom. The van der Waals surface area contributed by atoms with E-state index in [0.717, 1.165) is 30.4 Å². The highest BCUT2D eigenvalue weighted by Crippen LogP contribution is 2.37. The van der Waals surface area contributed by atoms with Gasteiger partial charge in [0.05, 0.1) is 5.56 Å². The minimum atomic E-state index is -0.949. The predicted molar refractivity (Wildman–Crippen MR) is 115 cm³/mol. The van der Waals surface area contributed by atoms with Gasteiger partial charge in [-0.2, -0.15) is 0 Å². The molecule has 1 aliphatic carbocycles. The standard InChI is InChI=1S/C24H31NO3/c1-23(2)14-5-6-19(13-15-24(3,4)17-16-23)21(25-28)12-9-18-7-10-20(11-8-18)22(26)27/h5-13,28H,14-17H2,1-4H3,(H,26,27)/b6-5-,12-9+,19-13+,25-21+. The quantitative estimate of drug-likeness (QED) is 0.363. The Balaban J connectivity index is 2.25. The van der Waals surface area contributed by atoms with E-state index in [1.165, 1.54) is 6.42 Å². The molecule has 1 aliphatic rings. The van der Waals surface area contributed by atoms with Crippen molar-refractivity contribution in [3.63, 3.8) is 0 Å². The average Bonchev–Trinajstić information content (AvgIpc) is 2.64. The van der Waals surface area contributed by atoms with Crippen LogP contribution in [0.1, 0.15) is 69.3 Å². The normalized spacial score (nSPS) is 23.0. The lowest BCUT2D eigenvalue weighted by Crippen LogP contribution is -2.18. The lowest BCUT2D eigenvalue weighted by Gasteiger charge is -2.31. The van der Waals surface area contributed by atoms with Gasteiger partial charge in [-0.1, -0.05) is 69.3 Å². The summed E-state index contributed by atoms with van der Waals surface area (Å²) in [5.41, 5.74) is 2.91. The fraction of sp³-hybridized carbons (Fsp3) is 0.417. The van der Waals surface area contributed by atoms with Crippen molar-refractivity contribution >= 4 is 17.8 Å². The van der Waals surface area contributed by atoms with Gasteiger partial charge < -0.3 is 10.3 Å². The first-order valence-electron chi connectivity index (χ1n) is 9.72. The van der Waals surface area contributed by atoms with E-state index in [-0.39, 0.29) is 16.4 Å². The van der Waals surface area contributed by atoms with Crippen LogP contribution in [0.2, 0.25) is 0 Å². The van der Waals surface area contributed by atoms with Crippen molar-refractivity contribution in [3.05, 3.63) is 65.3 Å². The predicted octanol–water partition coefficient (Wildman–Crippen LogP) is 6.34. The van der Waals surface area contributed by atoms with Crippen LogP contribution < -0.4 is 0 Å². The van der Waals surface area contributed by atoms with Gasteiger partial charge in [0.25, 0.3) is 0 Å². The molecule has 0 fully saturated rings. The zero-order chi connectivity index (χ0) is 20.8. The second-order valence-electron chi connectivity index (χ2n) is 9.04. The number of allylic oxidation sites excluding steroid dienone is 5. The van der Waals surface area contributed by atoms with Crippen molar-refractivity contribution in [1.82, 2.24) is 0 Å². The van der Waals surface area contributed by atoms with E-state index < -0.39 is 5.97 Å². The van der Waals surface area contributed by atoms with E-state index in [2.05, 4.69) is 45.0 Å². The second kappa shape index (κ2) is 9.05. The summed E-state index contributed by atoms with van der Waals surface area (Å²) in [6.45, 7) is 9.14. The van der Waals surface area contributed by atoms with Crippen LogP contribution in [0.5, 0.6) is 0 Å². The van der Waals surface area contributed by atoms with Crippen LogP contribution in [-0.4, -0.2) is 22.0 Å². The van der Waals surface area contributed by atoms with E-state index in [4.69, 9.17) is 5.11 Å². The number of hydrogen-bond acceptors (Lipinski definition) is 3. The maximum Gasteiger partial charge on any atom is 0.335 e. The fourth-order valence-corrected chi connectivity index (χ4v) is 3.13. The summed E-state index contributed by atoms with van der Waals surface area (Å²) in [5, 5.41) is 22.1. The number of carboxylic acids is 1. The van der Waals surface area contributed by atoms with E-state index in [1.807, 2.05) is 12.2 Å². The first kappa shape index (κ1) is 21.7. The number of hydrogen-bond donors (Lipinski definition) is 2. The molecule has 0 aromatic heterocycles. The van der Waals surface area contributed by atoms with Gasteiger partial charge in [0.15, 0.2) is 0 Å². The van der Waals surface area contributed by atoms with Gasteiger partial charge in [-0.15, -0.1) is 0 Å². The highest BCUT2D eigenvalue weighted by molar-refractivity contribution is 6.12. The monoisotopic (exact) mass is 381 g/mol. The average molecular weight is 382 g/mol. The van der Waals surface area contributed by atoms with E-state index in [0.29, 0.717) is 5.71 Å². The molecule has 0 unspecified atom stereocenters. The molecule has 0 saturated heterocycles. The minimum absolute atomic E-state index is 0.185. The Morgan fingerprint density at radius 3 is 2.21 bits per heavy atom. The molecule has 150 valence electrons. The molecule has 1 aromatic rings. The molecular formula is C24H31NO3. The third-order valence-corrected chi connectivity index (χ3v) is 5.32. The summed E-state index contributed by atoms with van der Waals surface area (Å²) < 4.78 is 0. The largest absolute Gasteiger partial charge is 0.478 e. The zero-order valence-electron chi connectivity index (χ0n) is 17.3. The van der Waals surface area contributed by atoms with Gasteiger partial charge in [-0.05, 0) is 65.9 Å². The molecule has 1 aromatic carbocycles. The van der Waals surface area contributed by atoms with Crippen molar-refractivity contribution < 1.29 is 15.1 Å². The minimum Gasteiger partial charge on any atom is -0.478 e. The van der Waals surface area contributed by atoms with Crippen molar-refractivity contribution in [3.8, 4) is 0 Å². The van der Waals surface area contributed by atoms with Gasteiger partial charge in [-0.3, -0.25) is 0 Å². The van der Waals surface area contributed by atoms with Crippen molar-refractivity contribution in [1.29, 1.82) is 0 Å². The van der Waals surface area contributed by atoms with E-state index in [1.54, 1.807) is 30.3 Å². The topological polar surface area (TPSA) is 69.9 Å². The molecule has 0 radical (unpaired) electrons. The number of oxime groups is 1. The van der Waals surface area contributed by atoms with Crippen molar-refractivity contribution in [2.24, 2.45) is 16.0 Å². The number of rotatable bonds is 4. The molecule has 0 amide bonds. The van der Waals surface area contributed by atoms with Crippen LogP contribution in [0.4, 0.5) is 0 Å². The smallest absolute Gasteiger partial charge is 0.335 e. The number of carbonyl (C=O) groups is 1.